The Hall–Kier alpha value is -1.64. The summed E-state index contributed by atoms with van der Waals surface area (Å²) >= 11 is 0. The van der Waals surface area contributed by atoms with Gasteiger partial charge in [0.25, 0.3) is 0 Å². The molecule has 1 aromatic heterocycles. The molecule has 0 aliphatic carbocycles. The standard InChI is InChI=1S/C10H13N3/c1-2-12-10-5-7-3-4-8(11)6-9(7)13-10/h3-6,12-13H,2,11H2,1H3. The maximum Gasteiger partial charge on any atom is 0.104 e. The van der Waals surface area contributed by atoms with Gasteiger partial charge in [0.15, 0.2) is 0 Å². The van der Waals surface area contributed by atoms with E-state index in [2.05, 4.69) is 23.3 Å². The van der Waals surface area contributed by atoms with Crippen LogP contribution in [0.15, 0.2) is 24.3 Å². The van der Waals surface area contributed by atoms with E-state index in [4.69, 9.17) is 5.73 Å². The summed E-state index contributed by atoms with van der Waals surface area (Å²) in [6.07, 6.45) is 0. The number of anilines is 2. The molecule has 1 aromatic carbocycles. The van der Waals surface area contributed by atoms with Crippen LogP contribution in [0.1, 0.15) is 6.92 Å². The molecular weight excluding hydrogens is 162 g/mol. The highest BCUT2D eigenvalue weighted by atomic mass is 15.0. The first kappa shape index (κ1) is 7.98. The Labute approximate surface area is 76.9 Å². The van der Waals surface area contributed by atoms with Crippen molar-refractivity contribution in [2.45, 2.75) is 6.92 Å². The van der Waals surface area contributed by atoms with Crippen molar-refractivity contribution in [2.75, 3.05) is 17.6 Å². The molecule has 0 atom stereocenters. The molecular formula is C10H13N3. The molecule has 13 heavy (non-hydrogen) atoms. The van der Waals surface area contributed by atoms with Crippen LogP contribution < -0.4 is 11.1 Å². The first-order valence-corrected chi connectivity index (χ1v) is 4.41. The van der Waals surface area contributed by atoms with E-state index in [1.807, 2.05) is 18.2 Å². The number of nitrogens with one attached hydrogen (secondary N) is 2. The number of aromatic amines is 1. The van der Waals surface area contributed by atoms with Gasteiger partial charge in [-0.05, 0) is 25.1 Å². The molecule has 2 aromatic rings. The van der Waals surface area contributed by atoms with E-state index in [9.17, 15) is 0 Å². The highest BCUT2D eigenvalue weighted by Crippen LogP contribution is 2.20. The summed E-state index contributed by atoms with van der Waals surface area (Å²) in [5.74, 6) is 1.04. The first-order chi connectivity index (χ1) is 6.29. The number of benzene rings is 1. The molecule has 0 aliphatic heterocycles. The largest absolute Gasteiger partial charge is 0.399 e. The number of aromatic nitrogens is 1. The zero-order chi connectivity index (χ0) is 9.26. The average molecular weight is 175 g/mol. The van der Waals surface area contributed by atoms with Crippen LogP contribution in [0.25, 0.3) is 10.9 Å². The Morgan fingerprint density at radius 2 is 2.23 bits per heavy atom. The molecule has 4 N–H and O–H groups in total. The molecule has 2 rings (SSSR count). The molecule has 0 radical (unpaired) electrons. The Morgan fingerprint density at radius 3 is 3.00 bits per heavy atom. The van der Waals surface area contributed by atoms with E-state index >= 15 is 0 Å². The normalized spacial score (nSPS) is 10.5. The minimum absolute atomic E-state index is 0.789. The van der Waals surface area contributed by atoms with Crippen LogP contribution in [0.3, 0.4) is 0 Å². The van der Waals surface area contributed by atoms with Crippen molar-refractivity contribution >= 4 is 22.4 Å². The number of nitrogens with two attached hydrogens (primary N) is 1. The SMILES string of the molecule is CCNc1cc2ccc(N)cc2[nH]1. The minimum atomic E-state index is 0.789. The number of H-pyrrole nitrogens is 1. The monoisotopic (exact) mass is 175 g/mol. The predicted octanol–water partition coefficient (Wildman–Crippen LogP) is 2.18. The van der Waals surface area contributed by atoms with Gasteiger partial charge >= 0.3 is 0 Å². The lowest BCUT2D eigenvalue weighted by molar-refractivity contribution is 1.19. The predicted molar refractivity (Wildman–Crippen MR) is 56.9 cm³/mol. The van der Waals surface area contributed by atoms with Crippen molar-refractivity contribution in [1.82, 2.24) is 4.98 Å². The quantitative estimate of drug-likeness (QED) is 0.613. The van der Waals surface area contributed by atoms with Crippen LogP contribution in [-0.2, 0) is 0 Å². The van der Waals surface area contributed by atoms with Crippen molar-refractivity contribution in [3.8, 4) is 0 Å². The van der Waals surface area contributed by atoms with Gasteiger partial charge in [0, 0.05) is 23.1 Å². The minimum Gasteiger partial charge on any atom is -0.399 e. The first-order valence-electron chi connectivity index (χ1n) is 4.41. The van der Waals surface area contributed by atoms with Gasteiger partial charge in [-0.15, -0.1) is 0 Å². The fraction of sp³-hybridized carbons (Fsp3) is 0.200. The summed E-state index contributed by atoms with van der Waals surface area (Å²) in [4.78, 5) is 3.25. The molecule has 0 spiro atoms. The third-order valence-electron chi connectivity index (χ3n) is 2.01. The zero-order valence-corrected chi connectivity index (χ0v) is 7.59. The molecule has 68 valence electrons. The second kappa shape index (κ2) is 3.01. The smallest absolute Gasteiger partial charge is 0.104 e. The lowest BCUT2D eigenvalue weighted by atomic mass is 10.2. The third-order valence-corrected chi connectivity index (χ3v) is 2.01. The summed E-state index contributed by atoms with van der Waals surface area (Å²) in [5, 5.41) is 4.41. The van der Waals surface area contributed by atoms with Gasteiger partial charge in [-0.25, -0.2) is 0 Å². The maximum absolute atomic E-state index is 5.67. The molecule has 3 heteroatoms. The van der Waals surface area contributed by atoms with Crippen LogP contribution in [-0.4, -0.2) is 11.5 Å². The van der Waals surface area contributed by atoms with Crippen LogP contribution in [0.4, 0.5) is 11.5 Å². The lowest BCUT2D eigenvalue weighted by Gasteiger charge is -1.95. The van der Waals surface area contributed by atoms with Crippen molar-refractivity contribution in [2.24, 2.45) is 0 Å². The molecule has 0 aliphatic rings. The molecule has 0 bridgehead atoms. The molecule has 0 unspecified atom stereocenters. The Balaban J connectivity index is 2.49. The van der Waals surface area contributed by atoms with Crippen LogP contribution in [0, 0.1) is 0 Å². The highest BCUT2D eigenvalue weighted by Gasteiger charge is 1.98. The summed E-state index contributed by atoms with van der Waals surface area (Å²) in [5.41, 5.74) is 7.54. The zero-order valence-electron chi connectivity index (χ0n) is 7.59. The fourth-order valence-electron chi connectivity index (χ4n) is 1.43. The number of hydrogen-bond acceptors (Lipinski definition) is 2. The molecule has 0 amide bonds. The highest BCUT2D eigenvalue weighted by molar-refractivity contribution is 5.86. The van der Waals surface area contributed by atoms with Gasteiger partial charge < -0.3 is 16.0 Å². The molecule has 1 heterocycles. The Kier molecular flexibility index (Phi) is 1.85. The van der Waals surface area contributed by atoms with Gasteiger partial charge in [-0.1, -0.05) is 6.07 Å². The molecule has 0 fully saturated rings. The topological polar surface area (TPSA) is 53.8 Å². The van der Waals surface area contributed by atoms with E-state index < -0.39 is 0 Å². The van der Waals surface area contributed by atoms with Gasteiger partial charge in [-0.3, -0.25) is 0 Å². The van der Waals surface area contributed by atoms with E-state index in [-0.39, 0.29) is 0 Å². The molecule has 3 nitrogen and oxygen atoms in total. The number of rotatable bonds is 2. The Morgan fingerprint density at radius 1 is 1.38 bits per heavy atom. The van der Waals surface area contributed by atoms with E-state index in [1.165, 1.54) is 5.39 Å². The van der Waals surface area contributed by atoms with Crippen LogP contribution >= 0.6 is 0 Å². The molecule has 0 saturated carbocycles. The van der Waals surface area contributed by atoms with Crippen LogP contribution in [0.5, 0.6) is 0 Å². The van der Waals surface area contributed by atoms with Crippen molar-refractivity contribution in [3.05, 3.63) is 24.3 Å². The summed E-state index contributed by atoms with van der Waals surface area (Å²) in [6.45, 7) is 2.99. The second-order valence-corrected chi connectivity index (χ2v) is 3.06. The van der Waals surface area contributed by atoms with E-state index in [0.29, 0.717) is 0 Å². The van der Waals surface area contributed by atoms with E-state index in [0.717, 1.165) is 23.6 Å². The Bertz CT molecular complexity index is 417. The summed E-state index contributed by atoms with van der Waals surface area (Å²) < 4.78 is 0. The van der Waals surface area contributed by atoms with Crippen molar-refractivity contribution in [1.29, 1.82) is 0 Å². The summed E-state index contributed by atoms with van der Waals surface area (Å²) in [6, 6.07) is 7.95. The van der Waals surface area contributed by atoms with Gasteiger partial charge in [0.05, 0.1) is 0 Å². The number of fused-ring (bicyclic) bond motifs is 1. The average Bonchev–Trinajstić information content (AvgIpc) is 2.46. The van der Waals surface area contributed by atoms with Gasteiger partial charge in [0.2, 0.25) is 0 Å². The van der Waals surface area contributed by atoms with E-state index in [1.54, 1.807) is 0 Å². The van der Waals surface area contributed by atoms with Gasteiger partial charge in [0.1, 0.15) is 5.82 Å². The number of nitrogen functional groups attached to an aromatic ring is 1. The fourth-order valence-corrected chi connectivity index (χ4v) is 1.43. The molecule has 0 saturated heterocycles. The lowest BCUT2D eigenvalue weighted by Crippen LogP contribution is -1.95. The number of hydrogen-bond donors (Lipinski definition) is 3. The third kappa shape index (κ3) is 1.45. The van der Waals surface area contributed by atoms with Crippen LogP contribution in [0.2, 0.25) is 0 Å². The van der Waals surface area contributed by atoms with Gasteiger partial charge in [-0.2, -0.15) is 0 Å². The maximum atomic E-state index is 5.67. The van der Waals surface area contributed by atoms with Crippen molar-refractivity contribution in [3.63, 3.8) is 0 Å². The second-order valence-electron chi connectivity index (χ2n) is 3.06. The van der Waals surface area contributed by atoms with Crippen molar-refractivity contribution < 1.29 is 0 Å². The summed E-state index contributed by atoms with van der Waals surface area (Å²) in [7, 11) is 0.